The Labute approximate surface area is 169 Å². The van der Waals surface area contributed by atoms with Gasteiger partial charge in [-0.15, -0.1) is 0 Å². The molecule has 0 radical (unpaired) electrons. The first-order chi connectivity index (χ1) is 13.7. The number of carbonyl (C=O) groups is 1. The van der Waals surface area contributed by atoms with Gasteiger partial charge in [0.1, 0.15) is 11.3 Å². The second kappa shape index (κ2) is 7.94. The molecule has 7 nitrogen and oxygen atoms in total. The molecule has 0 aliphatic heterocycles. The van der Waals surface area contributed by atoms with Gasteiger partial charge in [-0.05, 0) is 35.4 Å². The Balaban J connectivity index is 2.14. The van der Waals surface area contributed by atoms with Crippen molar-refractivity contribution >= 4 is 21.7 Å². The fraction of sp³-hybridized carbons (Fsp3) is 0.0952. The molecule has 150 valence electrons. The SMILES string of the molecule is CN(C)N(c1cccc(C(=O)O)c1O)S(=O)(=O)c1cccc(-c2ccccc2)c1. The summed E-state index contributed by atoms with van der Waals surface area (Å²) in [6.45, 7) is 0. The Kier molecular flexibility index (Phi) is 5.58. The van der Waals surface area contributed by atoms with Crippen molar-refractivity contribution in [2.45, 2.75) is 4.90 Å². The minimum atomic E-state index is -4.14. The first-order valence-electron chi connectivity index (χ1n) is 8.67. The van der Waals surface area contributed by atoms with E-state index < -0.39 is 21.7 Å². The number of carboxylic acid groups (broad SMARTS) is 1. The Hall–Kier alpha value is -3.36. The van der Waals surface area contributed by atoms with Crippen LogP contribution in [0.4, 0.5) is 5.69 Å². The van der Waals surface area contributed by atoms with E-state index in [1.165, 1.54) is 43.4 Å². The monoisotopic (exact) mass is 412 g/mol. The lowest BCUT2D eigenvalue weighted by Gasteiger charge is -2.30. The molecule has 0 aliphatic carbocycles. The van der Waals surface area contributed by atoms with Gasteiger partial charge in [0, 0.05) is 14.1 Å². The van der Waals surface area contributed by atoms with Crippen LogP contribution in [0.25, 0.3) is 11.1 Å². The molecule has 29 heavy (non-hydrogen) atoms. The normalized spacial score (nSPS) is 11.4. The second-order valence-corrected chi connectivity index (χ2v) is 8.23. The van der Waals surface area contributed by atoms with E-state index in [0.29, 0.717) is 5.56 Å². The van der Waals surface area contributed by atoms with E-state index in [1.54, 1.807) is 18.2 Å². The zero-order valence-electron chi connectivity index (χ0n) is 15.9. The Morgan fingerprint density at radius 2 is 1.48 bits per heavy atom. The standard InChI is InChI=1S/C21H20N2O5S/c1-22(2)23(19-13-7-12-18(20(19)24)21(25)26)29(27,28)17-11-6-10-16(14-17)15-8-4-3-5-9-15/h3-14,24H,1-2H3,(H,25,26). The van der Waals surface area contributed by atoms with Crippen LogP contribution < -0.4 is 4.41 Å². The molecule has 2 N–H and O–H groups in total. The molecule has 3 rings (SSSR count). The third-order valence-corrected chi connectivity index (χ3v) is 6.11. The van der Waals surface area contributed by atoms with Crippen LogP contribution in [0.2, 0.25) is 0 Å². The van der Waals surface area contributed by atoms with Crippen molar-refractivity contribution in [3.8, 4) is 16.9 Å². The van der Waals surface area contributed by atoms with Crippen molar-refractivity contribution < 1.29 is 23.4 Å². The van der Waals surface area contributed by atoms with Crippen molar-refractivity contribution in [3.05, 3.63) is 78.4 Å². The van der Waals surface area contributed by atoms with Crippen molar-refractivity contribution in [1.29, 1.82) is 0 Å². The summed E-state index contributed by atoms with van der Waals surface area (Å²) in [5.74, 6) is -1.98. The van der Waals surface area contributed by atoms with Gasteiger partial charge in [-0.25, -0.2) is 9.80 Å². The summed E-state index contributed by atoms with van der Waals surface area (Å²) >= 11 is 0. The van der Waals surface area contributed by atoms with Gasteiger partial charge in [-0.1, -0.05) is 48.5 Å². The van der Waals surface area contributed by atoms with Crippen molar-refractivity contribution in [1.82, 2.24) is 5.01 Å². The van der Waals surface area contributed by atoms with Crippen LogP contribution in [0, 0.1) is 0 Å². The highest BCUT2D eigenvalue weighted by atomic mass is 32.2. The van der Waals surface area contributed by atoms with Crippen molar-refractivity contribution in [2.24, 2.45) is 0 Å². The molecule has 0 saturated heterocycles. The average molecular weight is 412 g/mol. The molecule has 0 fully saturated rings. The highest BCUT2D eigenvalue weighted by Crippen LogP contribution is 2.35. The predicted octanol–water partition coefficient (Wildman–Crippen LogP) is 3.43. The Morgan fingerprint density at radius 1 is 0.862 bits per heavy atom. The van der Waals surface area contributed by atoms with Gasteiger partial charge < -0.3 is 10.2 Å². The molecule has 0 aliphatic rings. The number of hydrazine groups is 1. The molecule has 0 amide bonds. The zero-order chi connectivity index (χ0) is 21.2. The van der Waals surface area contributed by atoms with E-state index in [-0.39, 0.29) is 16.1 Å². The van der Waals surface area contributed by atoms with Crippen LogP contribution in [0.1, 0.15) is 10.4 Å². The number of sulfonamides is 1. The van der Waals surface area contributed by atoms with Gasteiger partial charge in [-0.2, -0.15) is 12.8 Å². The lowest BCUT2D eigenvalue weighted by atomic mass is 10.1. The Morgan fingerprint density at radius 3 is 2.10 bits per heavy atom. The van der Waals surface area contributed by atoms with E-state index in [4.69, 9.17) is 0 Å². The van der Waals surface area contributed by atoms with Gasteiger partial charge in [0.15, 0.2) is 5.75 Å². The minimum Gasteiger partial charge on any atom is -0.505 e. The van der Waals surface area contributed by atoms with Crippen LogP contribution in [-0.4, -0.2) is 43.7 Å². The van der Waals surface area contributed by atoms with Crippen LogP contribution in [0.3, 0.4) is 0 Å². The van der Waals surface area contributed by atoms with Crippen LogP contribution in [0.5, 0.6) is 5.75 Å². The number of nitrogens with zero attached hydrogens (tertiary/aromatic N) is 2. The maximum atomic E-state index is 13.4. The number of anilines is 1. The summed E-state index contributed by atoms with van der Waals surface area (Å²) in [7, 11) is -1.16. The second-order valence-electron chi connectivity index (χ2n) is 6.47. The Bertz CT molecular complexity index is 1140. The third kappa shape index (κ3) is 3.94. The number of aromatic hydroxyl groups is 1. The smallest absolute Gasteiger partial charge is 0.339 e. The summed E-state index contributed by atoms with van der Waals surface area (Å²) in [6, 6.07) is 19.7. The van der Waals surface area contributed by atoms with Crippen LogP contribution in [-0.2, 0) is 10.0 Å². The van der Waals surface area contributed by atoms with E-state index in [9.17, 15) is 23.4 Å². The van der Waals surface area contributed by atoms with Gasteiger partial charge in [0.25, 0.3) is 10.0 Å². The van der Waals surface area contributed by atoms with Gasteiger partial charge in [0.05, 0.1) is 4.90 Å². The maximum Gasteiger partial charge on any atom is 0.339 e. The fourth-order valence-corrected chi connectivity index (χ4v) is 4.55. The maximum absolute atomic E-state index is 13.4. The number of hydrogen-bond acceptors (Lipinski definition) is 5. The third-order valence-electron chi connectivity index (χ3n) is 4.28. The van der Waals surface area contributed by atoms with Crippen LogP contribution in [0.15, 0.2) is 77.7 Å². The van der Waals surface area contributed by atoms with Gasteiger partial charge >= 0.3 is 5.97 Å². The van der Waals surface area contributed by atoms with Crippen molar-refractivity contribution in [3.63, 3.8) is 0 Å². The lowest BCUT2D eigenvalue weighted by Crippen LogP contribution is -2.42. The largest absolute Gasteiger partial charge is 0.505 e. The molecule has 8 heteroatoms. The number of phenols is 1. The highest BCUT2D eigenvalue weighted by Gasteiger charge is 2.31. The van der Waals surface area contributed by atoms with E-state index in [0.717, 1.165) is 9.98 Å². The summed E-state index contributed by atoms with van der Waals surface area (Å²) in [4.78, 5) is 11.4. The molecular weight excluding hydrogens is 392 g/mol. The summed E-state index contributed by atoms with van der Waals surface area (Å²) in [5, 5.41) is 20.9. The summed E-state index contributed by atoms with van der Waals surface area (Å²) in [5.41, 5.74) is 1.04. The number of rotatable bonds is 6. The number of aromatic carboxylic acids is 1. The highest BCUT2D eigenvalue weighted by molar-refractivity contribution is 7.92. The van der Waals surface area contributed by atoms with Crippen molar-refractivity contribution in [2.75, 3.05) is 18.5 Å². The average Bonchev–Trinajstić information content (AvgIpc) is 2.69. The lowest BCUT2D eigenvalue weighted by molar-refractivity contribution is 0.0693. The fourth-order valence-electron chi connectivity index (χ4n) is 2.98. The summed E-state index contributed by atoms with van der Waals surface area (Å²) in [6.07, 6.45) is 0. The molecule has 0 aromatic heterocycles. The topological polar surface area (TPSA) is 98.2 Å². The van der Waals surface area contributed by atoms with E-state index >= 15 is 0 Å². The summed E-state index contributed by atoms with van der Waals surface area (Å²) < 4.78 is 27.7. The van der Waals surface area contributed by atoms with Crippen LogP contribution >= 0.6 is 0 Å². The molecule has 0 spiro atoms. The molecule has 0 saturated carbocycles. The zero-order valence-corrected chi connectivity index (χ0v) is 16.7. The number of carboxylic acids is 1. The molecule has 0 bridgehead atoms. The minimum absolute atomic E-state index is 0.00711. The number of benzene rings is 3. The molecule has 3 aromatic carbocycles. The molecular formula is C21H20N2O5S. The van der Waals surface area contributed by atoms with E-state index in [1.807, 2.05) is 30.3 Å². The number of para-hydroxylation sites is 1. The van der Waals surface area contributed by atoms with Gasteiger partial charge in [-0.3, -0.25) is 0 Å². The predicted molar refractivity (Wildman–Crippen MR) is 110 cm³/mol. The quantitative estimate of drug-likeness (QED) is 0.602. The first kappa shape index (κ1) is 20.4. The first-order valence-corrected chi connectivity index (χ1v) is 10.1. The molecule has 0 heterocycles. The molecule has 3 aromatic rings. The number of hydrogen-bond donors (Lipinski definition) is 2. The molecule has 0 unspecified atom stereocenters. The molecule has 0 atom stereocenters. The van der Waals surface area contributed by atoms with Gasteiger partial charge in [0.2, 0.25) is 0 Å². The van der Waals surface area contributed by atoms with E-state index in [2.05, 4.69) is 0 Å².